The Morgan fingerprint density at radius 1 is 1.37 bits per heavy atom. The summed E-state index contributed by atoms with van der Waals surface area (Å²) >= 11 is 0. The van der Waals surface area contributed by atoms with Gasteiger partial charge in [-0.1, -0.05) is 13.0 Å². The zero-order chi connectivity index (χ0) is 14.4. The van der Waals surface area contributed by atoms with Crippen molar-refractivity contribution in [3.05, 3.63) is 23.8 Å². The van der Waals surface area contributed by atoms with E-state index < -0.39 is 0 Å². The van der Waals surface area contributed by atoms with E-state index in [9.17, 15) is 4.79 Å². The van der Waals surface area contributed by atoms with Gasteiger partial charge in [0.15, 0.2) is 0 Å². The van der Waals surface area contributed by atoms with Crippen molar-refractivity contribution in [1.82, 2.24) is 0 Å². The summed E-state index contributed by atoms with van der Waals surface area (Å²) in [5.74, 6) is -0.359. The Morgan fingerprint density at radius 2 is 2.05 bits per heavy atom. The summed E-state index contributed by atoms with van der Waals surface area (Å²) in [4.78, 5) is 14.1. The maximum absolute atomic E-state index is 11.8. The Balaban J connectivity index is 3.15. The molecule has 0 aliphatic rings. The van der Waals surface area contributed by atoms with Gasteiger partial charge in [0.2, 0.25) is 0 Å². The zero-order valence-corrected chi connectivity index (χ0v) is 12.3. The first kappa shape index (κ1) is 15.3. The molecule has 19 heavy (non-hydrogen) atoms. The summed E-state index contributed by atoms with van der Waals surface area (Å²) in [6.07, 6.45) is 1.02. The highest BCUT2D eigenvalue weighted by atomic mass is 16.5. The summed E-state index contributed by atoms with van der Waals surface area (Å²) in [7, 11) is 0. The second-order valence-corrected chi connectivity index (χ2v) is 4.50. The molecule has 0 saturated carbocycles. The Labute approximate surface area is 115 Å². The molecule has 1 aromatic carbocycles. The highest BCUT2D eigenvalue weighted by molar-refractivity contribution is 5.98. The molecule has 2 N–H and O–H groups in total. The minimum absolute atomic E-state index is 0.353. The summed E-state index contributed by atoms with van der Waals surface area (Å²) in [5.41, 5.74) is 7.99. The number of carbonyl (C=O) groups is 1. The lowest BCUT2D eigenvalue weighted by atomic mass is 10.1. The van der Waals surface area contributed by atoms with Gasteiger partial charge in [-0.2, -0.15) is 0 Å². The van der Waals surface area contributed by atoms with Gasteiger partial charge in [-0.05, 0) is 39.3 Å². The Bertz CT molecular complexity index is 432. The van der Waals surface area contributed by atoms with Crippen molar-refractivity contribution in [2.75, 3.05) is 23.8 Å². The monoisotopic (exact) mass is 264 g/mol. The van der Waals surface area contributed by atoms with E-state index in [1.807, 2.05) is 12.1 Å². The van der Waals surface area contributed by atoms with Crippen LogP contribution in [0.15, 0.2) is 18.2 Å². The van der Waals surface area contributed by atoms with Gasteiger partial charge in [0.1, 0.15) is 0 Å². The second-order valence-electron chi connectivity index (χ2n) is 4.50. The smallest absolute Gasteiger partial charge is 0.340 e. The van der Waals surface area contributed by atoms with Crippen LogP contribution in [0, 0.1) is 0 Å². The predicted molar refractivity (Wildman–Crippen MR) is 79.6 cm³/mol. The number of rotatable bonds is 6. The van der Waals surface area contributed by atoms with E-state index in [-0.39, 0.29) is 5.97 Å². The molecule has 4 nitrogen and oxygen atoms in total. The van der Waals surface area contributed by atoms with Crippen LogP contribution in [0.5, 0.6) is 0 Å². The summed E-state index contributed by atoms with van der Waals surface area (Å²) in [5, 5.41) is 0. The van der Waals surface area contributed by atoms with E-state index >= 15 is 0 Å². The molecule has 0 radical (unpaired) electrons. The standard InChI is InChI=1S/C15H24N2O2/c1-5-11(4)17(6-2)13-10-8-9-12(14(13)16)15(18)19-7-3/h8-11H,5-7,16H2,1-4H3. The third-order valence-electron chi connectivity index (χ3n) is 3.35. The molecule has 0 fully saturated rings. The second kappa shape index (κ2) is 7.02. The summed E-state index contributed by atoms with van der Waals surface area (Å²) < 4.78 is 5.03. The summed E-state index contributed by atoms with van der Waals surface area (Å²) in [6.45, 7) is 9.37. The van der Waals surface area contributed by atoms with Crippen LogP contribution in [0.1, 0.15) is 44.5 Å². The van der Waals surface area contributed by atoms with Crippen molar-refractivity contribution < 1.29 is 9.53 Å². The molecule has 1 aromatic rings. The van der Waals surface area contributed by atoms with Gasteiger partial charge < -0.3 is 15.4 Å². The number of para-hydroxylation sites is 1. The number of esters is 1. The first-order valence-corrected chi connectivity index (χ1v) is 6.88. The molecule has 106 valence electrons. The topological polar surface area (TPSA) is 55.6 Å². The van der Waals surface area contributed by atoms with Crippen molar-refractivity contribution >= 4 is 17.3 Å². The van der Waals surface area contributed by atoms with Crippen LogP contribution in [0.2, 0.25) is 0 Å². The van der Waals surface area contributed by atoms with Gasteiger partial charge in [0.05, 0.1) is 23.5 Å². The normalized spacial score (nSPS) is 12.0. The summed E-state index contributed by atoms with van der Waals surface area (Å²) in [6, 6.07) is 5.89. The van der Waals surface area contributed by atoms with Crippen molar-refractivity contribution in [1.29, 1.82) is 0 Å². The number of benzene rings is 1. The molecule has 1 atom stereocenters. The number of carbonyl (C=O) groups excluding carboxylic acids is 1. The maximum atomic E-state index is 11.8. The molecule has 0 aliphatic heterocycles. The average molecular weight is 264 g/mol. The van der Waals surface area contributed by atoms with Crippen LogP contribution in [-0.2, 0) is 4.74 Å². The molecule has 1 rings (SSSR count). The molecule has 0 saturated heterocycles. The van der Waals surface area contributed by atoms with Gasteiger partial charge in [-0.25, -0.2) is 4.79 Å². The fourth-order valence-corrected chi connectivity index (χ4v) is 2.13. The first-order chi connectivity index (χ1) is 9.06. The van der Waals surface area contributed by atoms with Crippen LogP contribution >= 0.6 is 0 Å². The maximum Gasteiger partial charge on any atom is 0.340 e. The van der Waals surface area contributed by atoms with Crippen LogP contribution in [0.4, 0.5) is 11.4 Å². The fraction of sp³-hybridized carbons (Fsp3) is 0.533. The van der Waals surface area contributed by atoms with Gasteiger partial charge in [-0.15, -0.1) is 0 Å². The number of nitrogens with two attached hydrogens (primary N) is 1. The lowest BCUT2D eigenvalue weighted by molar-refractivity contribution is 0.0527. The molecule has 0 aliphatic carbocycles. The quantitative estimate of drug-likeness (QED) is 0.633. The Kier molecular flexibility index (Phi) is 5.67. The van der Waals surface area contributed by atoms with E-state index in [2.05, 4.69) is 25.7 Å². The number of hydrogen-bond donors (Lipinski definition) is 1. The van der Waals surface area contributed by atoms with E-state index in [1.54, 1.807) is 13.0 Å². The van der Waals surface area contributed by atoms with Crippen LogP contribution in [0.25, 0.3) is 0 Å². The van der Waals surface area contributed by atoms with E-state index in [0.29, 0.717) is 23.9 Å². The number of ether oxygens (including phenoxy) is 1. The molecular weight excluding hydrogens is 240 g/mol. The highest BCUT2D eigenvalue weighted by Crippen LogP contribution is 2.29. The van der Waals surface area contributed by atoms with Crippen molar-refractivity contribution in [3.8, 4) is 0 Å². The minimum atomic E-state index is -0.359. The number of nitrogen functional groups attached to an aromatic ring is 1. The molecular formula is C15H24N2O2. The van der Waals surface area contributed by atoms with Gasteiger partial charge >= 0.3 is 5.97 Å². The largest absolute Gasteiger partial charge is 0.462 e. The van der Waals surface area contributed by atoms with Gasteiger partial charge in [0, 0.05) is 12.6 Å². The van der Waals surface area contributed by atoms with Gasteiger partial charge in [-0.3, -0.25) is 0 Å². The third-order valence-corrected chi connectivity index (χ3v) is 3.35. The van der Waals surface area contributed by atoms with Crippen molar-refractivity contribution in [3.63, 3.8) is 0 Å². The minimum Gasteiger partial charge on any atom is -0.462 e. The zero-order valence-electron chi connectivity index (χ0n) is 12.3. The van der Waals surface area contributed by atoms with E-state index in [0.717, 1.165) is 18.7 Å². The molecule has 1 unspecified atom stereocenters. The Morgan fingerprint density at radius 3 is 2.58 bits per heavy atom. The van der Waals surface area contributed by atoms with Crippen molar-refractivity contribution in [2.45, 2.75) is 40.2 Å². The number of hydrogen-bond acceptors (Lipinski definition) is 4. The molecule has 0 spiro atoms. The third kappa shape index (κ3) is 3.40. The predicted octanol–water partition coefficient (Wildman–Crippen LogP) is 3.07. The van der Waals surface area contributed by atoms with E-state index in [1.165, 1.54) is 0 Å². The van der Waals surface area contributed by atoms with E-state index in [4.69, 9.17) is 10.5 Å². The highest BCUT2D eigenvalue weighted by Gasteiger charge is 2.18. The lowest BCUT2D eigenvalue weighted by Crippen LogP contribution is -2.33. The Hall–Kier alpha value is -1.71. The molecule has 0 amide bonds. The van der Waals surface area contributed by atoms with Crippen LogP contribution in [0.3, 0.4) is 0 Å². The number of nitrogens with zero attached hydrogens (tertiary/aromatic N) is 1. The van der Waals surface area contributed by atoms with Gasteiger partial charge in [0.25, 0.3) is 0 Å². The molecule has 0 heterocycles. The average Bonchev–Trinajstić information content (AvgIpc) is 2.41. The molecule has 4 heteroatoms. The first-order valence-electron chi connectivity index (χ1n) is 6.88. The molecule has 0 aromatic heterocycles. The fourth-order valence-electron chi connectivity index (χ4n) is 2.13. The molecule has 0 bridgehead atoms. The SMILES string of the molecule is CCOC(=O)c1cccc(N(CC)C(C)CC)c1N. The lowest BCUT2D eigenvalue weighted by Gasteiger charge is -2.31. The van der Waals surface area contributed by atoms with Crippen LogP contribution in [-0.4, -0.2) is 25.2 Å². The van der Waals surface area contributed by atoms with Crippen molar-refractivity contribution in [2.24, 2.45) is 0 Å². The van der Waals surface area contributed by atoms with Crippen LogP contribution < -0.4 is 10.6 Å². The number of anilines is 2.